The number of hydrogen-bond acceptors (Lipinski definition) is 7. The lowest BCUT2D eigenvalue weighted by atomic mass is 10.1. The number of aromatic amines is 1. The van der Waals surface area contributed by atoms with Crippen LogP contribution in [0, 0.1) is 0 Å². The summed E-state index contributed by atoms with van der Waals surface area (Å²) in [6.45, 7) is 10.1. The third-order valence-electron chi connectivity index (χ3n) is 5.09. The standard InChI is InChI=1S/C23H28N6O3/c1-5-31-18-8-9-20-16(12-18)11-17(22(30)24-20)13-28(14-19-7-6-10-32-19)15-21-25-26-27-29(21)23(2,3)4/h6-12H,5,13-15H2,1-4H3,(H,24,30). The molecular weight excluding hydrogens is 408 g/mol. The summed E-state index contributed by atoms with van der Waals surface area (Å²) in [4.78, 5) is 17.9. The largest absolute Gasteiger partial charge is 0.494 e. The predicted octanol–water partition coefficient (Wildman–Crippen LogP) is 3.46. The number of pyridine rings is 1. The second kappa shape index (κ2) is 8.96. The van der Waals surface area contributed by atoms with Crippen LogP contribution in [0.5, 0.6) is 5.75 Å². The number of ether oxygens (including phenoxy) is 1. The molecule has 0 saturated heterocycles. The predicted molar refractivity (Wildman–Crippen MR) is 120 cm³/mol. The highest BCUT2D eigenvalue weighted by atomic mass is 16.5. The van der Waals surface area contributed by atoms with E-state index in [1.54, 1.807) is 10.9 Å². The number of aromatic nitrogens is 5. The summed E-state index contributed by atoms with van der Waals surface area (Å²) in [5.41, 5.74) is 1.04. The van der Waals surface area contributed by atoms with Gasteiger partial charge in [-0.25, -0.2) is 4.68 Å². The van der Waals surface area contributed by atoms with E-state index in [2.05, 4.69) is 25.4 Å². The summed E-state index contributed by atoms with van der Waals surface area (Å²) in [6, 6.07) is 11.3. The van der Waals surface area contributed by atoms with Gasteiger partial charge in [0.2, 0.25) is 0 Å². The molecule has 1 aromatic carbocycles. The first kappa shape index (κ1) is 21.8. The quantitative estimate of drug-likeness (QED) is 0.451. The average Bonchev–Trinajstić information content (AvgIpc) is 3.41. The number of furan rings is 1. The van der Waals surface area contributed by atoms with Crippen LogP contribution in [0.1, 0.15) is 44.8 Å². The number of nitrogens with zero attached hydrogens (tertiary/aromatic N) is 5. The zero-order valence-electron chi connectivity index (χ0n) is 18.8. The van der Waals surface area contributed by atoms with Gasteiger partial charge >= 0.3 is 0 Å². The van der Waals surface area contributed by atoms with Gasteiger partial charge in [0.15, 0.2) is 5.82 Å². The number of hydrogen-bond donors (Lipinski definition) is 1. The molecule has 0 spiro atoms. The Morgan fingerprint density at radius 2 is 2.00 bits per heavy atom. The SMILES string of the molecule is CCOc1ccc2[nH]c(=O)c(CN(Cc3ccco3)Cc3nnnn3C(C)(C)C)cc2c1. The Bertz CT molecular complexity index is 1240. The van der Waals surface area contributed by atoms with Crippen molar-refractivity contribution in [1.82, 2.24) is 30.1 Å². The molecular formula is C23H28N6O3. The van der Waals surface area contributed by atoms with Gasteiger partial charge in [-0.3, -0.25) is 9.69 Å². The molecule has 0 aliphatic carbocycles. The molecule has 0 bridgehead atoms. The number of H-pyrrole nitrogens is 1. The molecule has 0 amide bonds. The zero-order chi connectivity index (χ0) is 22.7. The van der Waals surface area contributed by atoms with Crippen LogP contribution >= 0.6 is 0 Å². The van der Waals surface area contributed by atoms with Crippen LogP contribution in [0.25, 0.3) is 10.9 Å². The Kier molecular flexibility index (Phi) is 6.09. The van der Waals surface area contributed by atoms with E-state index in [9.17, 15) is 4.79 Å². The van der Waals surface area contributed by atoms with Gasteiger partial charge in [0.1, 0.15) is 11.5 Å². The van der Waals surface area contributed by atoms with Crippen LogP contribution in [-0.2, 0) is 25.2 Å². The van der Waals surface area contributed by atoms with Gasteiger partial charge in [0, 0.05) is 23.0 Å². The minimum absolute atomic E-state index is 0.124. The van der Waals surface area contributed by atoms with Crippen LogP contribution < -0.4 is 10.3 Å². The molecule has 9 heteroatoms. The van der Waals surface area contributed by atoms with Crippen molar-refractivity contribution >= 4 is 10.9 Å². The molecule has 3 aromatic heterocycles. The van der Waals surface area contributed by atoms with Crippen molar-refractivity contribution in [2.45, 2.75) is 52.9 Å². The van der Waals surface area contributed by atoms with E-state index in [0.29, 0.717) is 31.8 Å². The maximum absolute atomic E-state index is 12.8. The summed E-state index contributed by atoms with van der Waals surface area (Å²) in [5.74, 6) is 2.30. The molecule has 168 valence electrons. The molecule has 0 aliphatic heterocycles. The monoisotopic (exact) mass is 436 g/mol. The van der Waals surface area contributed by atoms with E-state index in [1.807, 2.05) is 64.1 Å². The molecule has 3 heterocycles. The van der Waals surface area contributed by atoms with E-state index in [1.165, 1.54) is 0 Å². The third kappa shape index (κ3) is 4.88. The summed E-state index contributed by atoms with van der Waals surface area (Å²) < 4.78 is 13.0. The van der Waals surface area contributed by atoms with Gasteiger partial charge < -0.3 is 14.1 Å². The third-order valence-corrected chi connectivity index (χ3v) is 5.09. The topological polar surface area (TPSA) is 102 Å². The molecule has 0 unspecified atom stereocenters. The van der Waals surface area contributed by atoms with Crippen molar-refractivity contribution < 1.29 is 9.15 Å². The number of tetrazole rings is 1. The second-order valence-electron chi connectivity index (χ2n) is 8.71. The van der Waals surface area contributed by atoms with Crippen molar-refractivity contribution in [2.24, 2.45) is 0 Å². The smallest absolute Gasteiger partial charge is 0.252 e. The molecule has 4 rings (SSSR count). The molecule has 9 nitrogen and oxygen atoms in total. The van der Waals surface area contributed by atoms with Gasteiger partial charge in [-0.1, -0.05) is 0 Å². The fourth-order valence-corrected chi connectivity index (χ4v) is 3.66. The summed E-state index contributed by atoms with van der Waals surface area (Å²) >= 11 is 0. The fraction of sp³-hybridized carbons (Fsp3) is 0.391. The number of fused-ring (bicyclic) bond motifs is 1. The minimum atomic E-state index is -0.259. The summed E-state index contributed by atoms with van der Waals surface area (Å²) in [7, 11) is 0. The fourth-order valence-electron chi connectivity index (χ4n) is 3.66. The van der Waals surface area contributed by atoms with E-state index < -0.39 is 0 Å². The van der Waals surface area contributed by atoms with Crippen LogP contribution in [0.4, 0.5) is 0 Å². The Morgan fingerprint density at radius 1 is 1.16 bits per heavy atom. The Balaban J connectivity index is 1.66. The molecule has 4 aromatic rings. The summed E-state index contributed by atoms with van der Waals surface area (Å²) in [6.07, 6.45) is 1.64. The highest BCUT2D eigenvalue weighted by molar-refractivity contribution is 5.80. The normalized spacial score (nSPS) is 12.0. The van der Waals surface area contributed by atoms with E-state index in [-0.39, 0.29) is 11.1 Å². The van der Waals surface area contributed by atoms with Gasteiger partial charge in [0.05, 0.1) is 31.5 Å². The summed E-state index contributed by atoms with van der Waals surface area (Å²) in [5, 5.41) is 13.2. The van der Waals surface area contributed by atoms with Crippen molar-refractivity contribution in [2.75, 3.05) is 6.61 Å². The van der Waals surface area contributed by atoms with Gasteiger partial charge in [0.25, 0.3) is 5.56 Å². The van der Waals surface area contributed by atoms with Crippen molar-refractivity contribution in [1.29, 1.82) is 0 Å². The van der Waals surface area contributed by atoms with E-state index in [4.69, 9.17) is 9.15 Å². The molecule has 0 fully saturated rings. The van der Waals surface area contributed by atoms with Gasteiger partial charge in [-0.15, -0.1) is 5.10 Å². The Labute approximate surface area is 186 Å². The molecule has 0 radical (unpaired) electrons. The van der Waals surface area contributed by atoms with E-state index in [0.717, 1.165) is 28.2 Å². The lowest BCUT2D eigenvalue weighted by Gasteiger charge is -2.24. The molecule has 0 atom stereocenters. The minimum Gasteiger partial charge on any atom is -0.494 e. The van der Waals surface area contributed by atoms with Crippen LogP contribution in [0.2, 0.25) is 0 Å². The van der Waals surface area contributed by atoms with Gasteiger partial charge in [-0.05, 0) is 74.5 Å². The molecule has 1 N–H and O–H groups in total. The van der Waals surface area contributed by atoms with Crippen LogP contribution in [0.3, 0.4) is 0 Å². The maximum atomic E-state index is 12.8. The first-order valence-electron chi connectivity index (χ1n) is 10.6. The van der Waals surface area contributed by atoms with Crippen LogP contribution in [-0.4, -0.2) is 36.7 Å². The maximum Gasteiger partial charge on any atom is 0.252 e. The van der Waals surface area contributed by atoms with Gasteiger partial charge in [-0.2, -0.15) is 0 Å². The first-order chi connectivity index (χ1) is 15.3. The first-order valence-corrected chi connectivity index (χ1v) is 10.6. The number of rotatable bonds is 8. The molecule has 32 heavy (non-hydrogen) atoms. The zero-order valence-corrected chi connectivity index (χ0v) is 18.8. The highest BCUT2D eigenvalue weighted by Gasteiger charge is 2.22. The van der Waals surface area contributed by atoms with Crippen molar-refractivity contribution in [3.8, 4) is 5.75 Å². The Hall–Kier alpha value is -3.46. The second-order valence-corrected chi connectivity index (χ2v) is 8.71. The van der Waals surface area contributed by atoms with Crippen molar-refractivity contribution in [3.05, 3.63) is 70.2 Å². The average molecular weight is 437 g/mol. The highest BCUT2D eigenvalue weighted by Crippen LogP contribution is 2.21. The van der Waals surface area contributed by atoms with Crippen LogP contribution in [0.15, 0.2) is 51.9 Å². The molecule has 0 saturated carbocycles. The Morgan fingerprint density at radius 3 is 2.72 bits per heavy atom. The lowest BCUT2D eigenvalue weighted by Crippen LogP contribution is -2.31. The lowest BCUT2D eigenvalue weighted by molar-refractivity contribution is 0.207. The number of benzene rings is 1. The number of nitrogens with one attached hydrogen (secondary N) is 1. The molecule has 0 aliphatic rings. The van der Waals surface area contributed by atoms with E-state index >= 15 is 0 Å². The van der Waals surface area contributed by atoms with Crippen molar-refractivity contribution in [3.63, 3.8) is 0 Å².